The first-order chi connectivity index (χ1) is 14.1. The van der Waals surface area contributed by atoms with Gasteiger partial charge in [-0.25, -0.2) is 4.79 Å². The van der Waals surface area contributed by atoms with Crippen LogP contribution in [0.5, 0.6) is 0 Å². The topological polar surface area (TPSA) is 50.2 Å². The highest BCUT2D eigenvalue weighted by molar-refractivity contribution is 7.99. The average Bonchev–Trinajstić information content (AvgIpc) is 2.74. The van der Waals surface area contributed by atoms with Crippen molar-refractivity contribution in [3.63, 3.8) is 0 Å². The van der Waals surface area contributed by atoms with Crippen molar-refractivity contribution in [2.45, 2.75) is 54.7 Å². The van der Waals surface area contributed by atoms with Crippen molar-refractivity contribution >= 4 is 17.7 Å². The summed E-state index contributed by atoms with van der Waals surface area (Å²) < 4.78 is 0. The minimum Gasteiger partial charge on any atom is -0.478 e. The Morgan fingerprint density at radius 2 is 2.07 bits per heavy atom. The molecule has 0 saturated carbocycles. The zero-order valence-electron chi connectivity index (χ0n) is 16.6. The summed E-state index contributed by atoms with van der Waals surface area (Å²) in [5.41, 5.74) is 5.40. The van der Waals surface area contributed by atoms with Crippen LogP contribution in [0, 0.1) is 6.92 Å². The molecular formula is C25H25NO2S. The SMILES string of the molecule is Cc1ccccc1Sc1ccc2c(c1)CCCC2CCc1cnccc1C(=O)O. The summed E-state index contributed by atoms with van der Waals surface area (Å²) in [6.07, 6.45) is 8.45. The maximum Gasteiger partial charge on any atom is 0.336 e. The quantitative estimate of drug-likeness (QED) is 0.525. The molecule has 1 aromatic heterocycles. The highest BCUT2D eigenvalue weighted by Crippen LogP contribution is 2.38. The zero-order chi connectivity index (χ0) is 20.2. The Morgan fingerprint density at radius 3 is 2.90 bits per heavy atom. The van der Waals surface area contributed by atoms with Crippen LogP contribution in [0.3, 0.4) is 0 Å². The van der Waals surface area contributed by atoms with Crippen LogP contribution in [-0.2, 0) is 12.8 Å². The molecule has 1 atom stereocenters. The number of benzene rings is 2. The first kappa shape index (κ1) is 19.7. The van der Waals surface area contributed by atoms with Crippen LogP contribution in [0.4, 0.5) is 0 Å². The second-order valence-corrected chi connectivity index (χ2v) is 8.81. The van der Waals surface area contributed by atoms with E-state index < -0.39 is 5.97 Å². The van der Waals surface area contributed by atoms with Crippen LogP contribution >= 0.6 is 11.8 Å². The van der Waals surface area contributed by atoms with Crippen molar-refractivity contribution in [1.82, 2.24) is 4.98 Å². The van der Waals surface area contributed by atoms with Crippen LogP contribution in [0.2, 0.25) is 0 Å². The Labute approximate surface area is 176 Å². The minimum atomic E-state index is -0.871. The Balaban J connectivity index is 1.50. The first-order valence-electron chi connectivity index (χ1n) is 10.1. The van der Waals surface area contributed by atoms with Crippen LogP contribution in [0.1, 0.15) is 57.8 Å². The van der Waals surface area contributed by atoms with Gasteiger partial charge in [0.25, 0.3) is 0 Å². The number of carboxylic acid groups (broad SMARTS) is 1. The predicted molar refractivity (Wildman–Crippen MR) is 117 cm³/mol. The maximum absolute atomic E-state index is 11.5. The summed E-state index contributed by atoms with van der Waals surface area (Å²) in [6, 6.07) is 17.0. The molecule has 1 heterocycles. The highest BCUT2D eigenvalue weighted by atomic mass is 32.2. The lowest BCUT2D eigenvalue weighted by Crippen LogP contribution is -2.12. The summed E-state index contributed by atoms with van der Waals surface area (Å²) in [4.78, 5) is 18.2. The zero-order valence-corrected chi connectivity index (χ0v) is 17.4. The van der Waals surface area contributed by atoms with Crippen molar-refractivity contribution in [1.29, 1.82) is 0 Å². The Kier molecular flexibility index (Phi) is 6.00. The van der Waals surface area contributed by atoms with Gasteiger partial charge in [-0.2, -0.15) is 0 Å². The number of aryl methyl sites for hydroxylation is 3. The van der Waals surface area contributed by atoms with E-state index in [1.807, 2.05) is 11.8 Å². The molecule has 0 fully saturated rings. The third-order valence-electron chi connectivity index (χ3n) is 5.77. The van der Waals surface area contributed by atoms with E-state index in [1.165, 1.54) is 39.3 Å². The molecule has 29 heavy (non-hydrogen) atoms. The van der Waals surface area contributed by atoms with Gasteiger partial charge in [0, 0.05) is 22.2 Å². The fourth-order valence-electron chi connectivity index (χ4n) is 4.22. The molecule has 0 radical (unpaired) electrons. The molecule has 1 N–H and O–H groups in total. The number of pyridine rings is 1. The first-order valence-corrected chi connectivity index (χ1v) is 11.0. The normalized spacial score (nSPS) is 15.7. The molecule has 0 aliphatic heterocycles. The molecule has 1 unspecified atom stereocenters. The van der Waals surface area contributed by atoms with Crippen molar-refractivity contribution in [2.75, 3.05) is 0 Å². The van der Waals surface area contributed by atoms with Crippen LogP contribution in [-0.4, -0.2) is 16.1 Å². The van der Waals surface area contributed by atoms with E-state index in [1.54, 1.807) is 18.5 Å². The molecule has 148 valence electrons. The van der Waals surface area contributed by atoms with Crippen molar-refractivity contribution in [2.24, 2.45) is 0 Å². The fraction of sp³-hybridized carbons (Fsp3) is 0.280. The molecule has 1 aliphatic rings. The molecule has 2 aromatic carbocycles. The van der Waals surface area contributed by atoms with Gasteiger partial charge < -0.3 is 5.11 Å². The molecule has 0 amide bonds. The number of hydrogen-bond donors (Lipinski definition) is 1. The molecule has 4 heteroatoms. The smallest absolute Gasteiger partial charge is 0.336 e. The number of nitrogens with zero attached hydrogens (tertiary/aromatic N) is 1. The number of carbonyl (C=O) groups is 1. The standard InChI is InChI=1S/C25H25NO2S/c1-17-5-2-3-8-24(17)29-21-11-12-22-18(6-4-7-19(22)15-21)9-10-20-16-26-14-13-23(20)25(27)28/h2-3,5,8,11-16,18H,4,6-7,9-10H2,1H3,(H,27,28). The Bertz CT molecular complexity index is 1030. The summed E-state index contributed by atoms with van der Waals surface area (Å²) in [7, 11) is 0. The van der Waals surface area contributed by atoms with Crippen molar-refractivity contribution < 1.29 is 9.90 Å². The lowest BCUT2D eigenvalue weighted by molar-refractivity contribution is 0.0695. The third kappa shape index (κ3) is 4.54. The van der Waals surface area contributed by atoms with Crippen LogP contribution in [0.15, 0.2) is 70.7 Å². The molecular weight excluding hydrogens is 378 g/mol. The molecule has 0 spiro atoms. The van der Waals surface area contributed by atoms with Crippen LogP contribution < -0.4 is 0 Å². The number of aromatic carboxylic acids is 1. The van der Waals surface area contributed by atoms with Gasteiger partial charge in [0.1, 0.15) is 0 Å². The number of carboxylic acids is 1. The maximum atomic E-state index is 11.5. The predicted octanol–water partition coefficient (Wildman–Crippen LogP) is 6.29. The van der Waals surface area contributed by atoms with Gasteiger partial charge in [0.15, 0.2) is 0 Å². The van der Waals surface area contributed by atoms with E-state index in [0.29, 0.717) is 11.5 Å². The second kappa shape index (κ2) is 8.83. The van der Waals surface area contributed by atoms with Crippen LogP contribution in [0.25, 0.3) is 0 Å². The number of fused-ring (bicyclic) bond motifs is 1. The summed E-state index contributed by atoms with van der Waals surface area (Å²) in [5, 5.41) is 9.40. The fourth-order valence-corrected chi connectivity index (χ4v) is 5.18. The summed E-state index contributed by atoms with van der Waals surface area (Å²) >= 11 is 1.83. The summed E-state index contributed by atoms with van der Waals surface area (Å²) in [5.74, 6) is -0.387. The molecule has 0 saturated heterocycles. The van der Waals surface area contributed by atoms with E-state index in [-0.39, 0.29) is 0 Å². The van der Waals surface area contributed by atoms with E-state index in [2.05, 4.69) is 54.4 Å². The largest absolute Gasteiger partial charge is 0.478 e. The van der Waals surface area contributed by atoms with E-state index >= 15 is 0 Å². The van der Waals surface area contributed by atoms with E-state index in [0.717, 1.165) is 24.8 Å². The third-order valence-corrected chi connectivity index (χ3v) is 6.94. The average molecular weight is 404 g/mol. The Hall–Kier alpha value is -2.59. The lowest BCUT2D eigenvalue weighted by Gasteiger charge is -2.26. The van der Waals surface area contributed by atoms with Gasteiger partial charge in [-0.3, -0.25) is 4.98 Å². The molecule has 4 rings (SSSR count). The lowest BCUT2D eigenvalue weighted by atomic mass is 9.80. The van der Waals surface area contributed by atoms with Crippen molar-refractivity contribution in [3.05, 3.63) is 88.7 Å². The highest BCUT2D eigenvalue weighted by Gasteiger charge is 2.21. The minimum absolute atomic E-state index is 0.376. The van der Waals surface area contributed by atoms with Gasteiger partial charge >= 0.3 is 5.97 Å². The van der Waals surface area contributed by atoms with Gasteiger partial charge in [-0.15, -0.1) is 0 Å². The Morgan fingerprint density at radius 1 is 1.21 bits per heavy atom. The molecule has 0 bridgehead atoms. The number of aromatic nitrogens is 1. The molecule has 3 aromatic rings. The number of hydrogen-bond acceptors (Lipinski definition) is 3. The summed E-state index contributed by atoms with van der Waals surface area (Å²) in [6.45, 7) is 2.15. The number of rotatable bonds is 6. The van der Waals surface area contributed by atoms with Gasteiger partial charge in [-0.05, 0) is 91.5 Å². The van der Waals surface area contributed by atoms with E-state index in [4.69, 9.17) is 0 Å². The molecule has 3 nitrogen and oxygen atoms in total. The molecule has 1 aliphatic carbocycles. The van der Waals surface area contributed by atoms with E-state index in [9.17, 15) is 9.90 Å². The second-order valence-electron chi connectivity index (χ2n) is 7.69. The monoisotopic (exact) mass is 403 g/mol. The van der Waals surface area contributed by atoms with Gasteiger partial charge in [0.05, 0.1) is 5.56 Å². The van der Waals surface area contributed by atoms with Gasteiger partial charge in [-0.1, -0.05) is 36.0 Å². The van der Waals surface area contributed by atoms with Crippen molar-refractivity contribution in [3.8, 4) is 0 Å². The van der Waals surface area contributed by atoms with Gasteiger partial charge in [0.2, 0.25) is 0 Å².